The summed E-state index contributed by atoms with van der Waals surface area (Å²) in [5.74, 6) is -1.23. The van der Waals surface area contributed by atoms with Crippen LogP contribution in [0.4, 0.5) is 4.79 Å². The number of piperazine rings is 1. The lowest BCUT2D eigenvalue weighted by molar-refractivity contribution is -0.140. The van der Waals surface area contributed by atoms with E-state index in [4.69, 9.17) is 10.2 Å². The van der Waals surface area contributed by atoms with Crippen molar-refractivity contribution < 1.29 is 19.8 Å². The number of carboxylic acids is 1. The molecule has 0 bridgehead atoms. The minimum atomic E-state index is -1.24. The molecule has 0 aliphatic carbocycles. The van der Waals surface area contributed by atoms with Crippen LogP contribution >= 0.6 is 0 Å². The van der Waals surface area contributed by atoms with Gasteiger partial charge in [-0.05, 0) is 13.3 Å². The van der Waals surface area contributed by atoms with Crippen LogP contribution in [-0.4, -0.2) is 76.9 Å². The van der Waals surface area contributed by atoms with Crippen LogP contribution in [0.2, 0.25) is 0 Å². The molecule has 0 aromatic heterocycles. The average Bonchev–Trinajstić information content (AvgIpc) is 2.43. The number of rotatable bonds is 5. The molecule has 1 aliphatic rings. The van der Waals surface area contributed by atoms with Crippen molar-refractivity contribution in [1.82, 2.24) is 15.1 Å². The predicted octanol–water partition coefficient (Wildman–Crippen LogP) is -0.442. The molecule has 0 aromatic rings. The van der Waals surface area contributed by atoms with Gasteiger partial charge in [0.05, 0.1) is 6.61 Å². The highest BCUT2D eigenvalue weighted by molar-refractivity contribution is 5.82. The van der Waals surface area contributed by atoms with Crippen LogP contribution in [0.3, 0.4) is 0 Å². The summed E-state index contributed by atoms with van der Waals surface area (Å²) < 4.78 is 0. The highest BCUT2D eigenvalue weighted by atomic mass is 16.4. The minimum absolute atomic E-state index is 0.426. The molecule has 19 heavy (non-hydrogen) atoms. The second kappa shape index (κ2) is 7.30. The Kier molecular flexibility index (Phi) is 6.04. The molecule has 7 heteroatoms. The molecule has 3 N–H and O–H groups in total. The Morgan fingerprint density at radius 3 is 2.26 bits per heavy atom. The first-order chi connectivity index (χ1) is 8.99. The van der Waals surface area contributed by atoms with Crippen LogP contribution in [0.5, 0.6) is 0 Å². The standard InChI is InChI=1S/C12H23N3O4/c1-3-9(2)14-4-6-15(7-5-14)12(19)13-10(8-16)11(17)18/h9-10,16H,3-8H2,1-2H3,(H,13,19)(H,17,18)/t9?,10-/m0/s1. The van der Waals surface area contributed by atoms with E-state index in [1.54, 1.807) is 4.90 Å². The van der Waals surface area contributed by atoms with Gasteiger partial charge >= 0.3 is 12.0 Å². The fourth-order valence-electron chi connectivity index (χ4n) is 2.05. The number of carboxylic acid groups (broad SMARTS) is 1. The Labute approximate surface area is 113 Å². The van der Waals surface area contributed by atoms with E-state index < -0.39 is 24.6 Å². The number of nitrogens with one attached hydrogen (secondary N) is 1. The van der Waals surface area contributed by atoms with Gasteiger partial charge in [0.25, 0.3) is 0 Å². The zero-order valence-corrected chi connectivity index (χ0v) is 11.5. The minimum Gasteiger partial charge on any atom is -0.480 e. The number of hydrogen-bond donors (Lipinski definition) is 3. The van der Waals surface area contributed by atoms with Crippen LogP contribution in [0.1, 0.15) is 20.3 Å². The smallest absolute Gasteiger partial charge is 0.328 e. The molecule has 0 aromatic carbocycles. The molecule has 1 rings (SSSR count). The molecular weight excluding hydrogens is 250 g/mol. The third-order valence-corrected chi connectivity index (χ3v) is 3.59. The summed E-state index contributed by atoms with van der Waals surface area (Å²) in [4.78, 5) is 26.5. The second-order valence-electron chi connectivity index (χ2n) is 4.80. The van der Waals surface area contributed by atoms with Crippen LogP contribution in [0, 0.1) is 0 Å². The molecule has 0 spiro atoms. The van der Waals surface area contributed by atoms with Crippen molar-refractivity contribution in [1.29, 1.82) is 0 Å². The number of aliphatic hydroxyl groups excluding tert-OH is 1. The van der Waals surface area contributed by atoms with E-state index in [9.17, 15) is 9.59 Å². The molecule has 1 unspecified atom stereocenters. The third-order valence-electron chi connectivity index (χ3n) is 3.59. The highest BCUT2D eigenvalue weighted by Crippen LogP contribution is 2.08. The summed E-state index contributed by atoms with van der Waals surface area (Å²) in [6.45, 7) is 6.42. The maximum atomic E-state index is 11.8. The van der Waals surface area contributed by atoms with E-state index >= 15 is 0 Å². The van der Waals surface area contributed by atoms with Gasteiger partial charge in [-0.2, -0.15) is 0 Å². The van der Waals surface area contributed by atoms with Gasteiger partial charge in [0.2, 0.25) is 0 Å². The zero-order valence-electron chi connectivity index (χ0n) is 11.5. The molecule has 2 atom stereocenters. The summed E-state index contributed by atoms with van der Waals surface area (Å²) in [5, 5.41) is 19.9. The Bertz CT molecular complexity index is 316. The van der Waals surface area contributed by atoms with Crippen LogP contribution < -0.4 is 5.32 Å². The molecule has 1 saturated heterocycles. The summed E-state index contributed by atoms with van der Waals surface area (Å²) >= 11 is 0. The van der Waals surface area contributed by atoms with Crippen LogP contribution in [0.25, 0.3) is 0 Å². The van der Waals surface area contributed by atoms with Crippen molar-refractivity contribution in [2.45, 2.75) is 32.4 Å². The molecule has 1 aliphatic heterocycles. The number of aliphatic carboxylic acids is 1. The Hall–Kier alpha value is -1.34. The summed E-state index contributed by atoms with van der Waals surface area (Å²) in [6, 6.07) is -1.17. The first kappa shape index (κ1) is 15.7. The number of carbonyl (C=O) groups is 2. The van der Waals surface area contributed by atoms with Crippen molar-refractivity contribution in [2.75, 3.05) is 32.8 Å². The van der Waals surface area contributed by atoms with Gasteiger partial charge in [-0.3, -0.25) is 4.90 Å². The van der Waals surface area contributed by atoms with Crippen molar-refractivity contribution >= 4 is 12.0 Å². The molecule has 0 saturated carbocycles. The fraction of sp³-hybridized carbons (Fsp3) is 0.833. The monoisotopic (exact) mass is 273 g/mol. The van der Waals surface area contributed by atoms with Crippen LogP contribution in [-0.2, 0) is 4.79 Å². The molecule has 2 amide bonds. The maximum Gasteiger partial charge on any atom is 0.328 e. The van der Waals surface area contributed by atoms with Crippen molar-refractivity contribution in [3.63, 3.8) is 0 Å². The second-order valence-corrected chi connectivity index (χ2v) is 4.80. The number of carbonyl (C=O) groups excluding carboxylic acids is 1. The van der Waals surface area contributed by atoms with Crippen molar-refractivity contribution in [3.05, 3.63) is 0 Å². The van der Waals surface area contributed by atoms with Gasteiger partial charge in [-0.15, -0.1) is 0 Å². The van der Waals surface area contributed by atoms with E-state index in [0.717, 1.165) is 19.5 Å². The molecule has 110 valence electrons. The molecule has 1 heterocycles. The summed E-state index contributed by atoms with van der Waals surface area (Å²) in [7, 11) is 0. The maximum absolute atomic E-state index is 11.8. The SMILES string of the molecule is CCC(C)N1CCN(C(=O)N[C@@H](CO)C(=O)O)CC1. The number of urea groups is 1. The summed E-state index contributed by atoms with van der Waals surface area (Å²) in [5.41, 5.74) is 0. The van der Waals surface area contributed by atoms with E-state index in [-0.39, 0.29) is 0 Å². The zero-order chi connectivity index (χ0) is 14.4. The topological polar surface area (TPSA) is 93.1 Å². The Balaban J connectivity index is 2.42. The van der Waals surface area contributed by atoms with E-state index in [2.05, 4.69) is 24.1 Å². The summed E-state index contributed by atoms with van der Waals surface area (Å²) in [6.07, 6.45) is 1.07. The Morgan fingerprint density at radius 1 is 1.26 bits per heavy atom. The lowest BCUT2D eigenvalue weighted by Crippen LogP contribution is -2.56. The fourth-order valence-corrected chi connectivity index (χ4v) is 2.05. The van der Waals surface area contributed by atoms with Gasteiger partial charge in [-0.1, -0.05) is 6.92 Å². The van der Waals surface area contributed by atoms with Crippen molar-refractivity contribution in [3.8, 4) is 0 Å². The number of aliphatic hydroxyl groups is 1. The van der Waals surface area contributed by atoms with Crippen molar-refractivity contribution in [2.24, 2.45) is 0 Å². The largest absolute Gasteiger partial charge is 0.480 e. The number of nitrogens with zero attached hydrogens (tertiary/aromatic N) is 2. The van der Waals surface area contributed by atoms with Gasteiger partial charge in [0.1, 0.15) is 0 Å². The predicted molar refractivity (Wildman–Crippen MR) is 69.9 cm³/mol. The van der Waals surface area contributed by atoms with Gasteiger partial charge in [-0.25, -0.2) is 9.59 Å². The highest BCUT2D eigenvalue weighted by Gasteiger charge is 2.26. The molecule has 1 fully saturated rings. The Morgan fingerprint density at radius 2 is 1.84 bits per heavy atom. The first-order valence-electron chi connectivity index (χ1n) is 6.62. The van der Waals surface area contributed by atoms with Gasteiger partial charge in [0, 0.05) is 32.2 Å². The van der Waals surface area contributed by atoms with Gasteiger partial charge < -0.3 is 20.4 Å². The molecule has 0 radical (unpaired) electrons. The average molecular weight is 273 g/mol. The van der Waals surface area contributed by atoms with Gasteiger partial charge in [0.15, 0.2) is 6.04 Å². The number of hydrogen-bond acceptors (Lipinski definition) is 4. The quantitative estimate of drug-likeness (QED) is 0.631. The third kappa shape index (κ3) is 4.36. The lowest BCUT2D eigenvalue weighted by atomic mass is 10.2. The van der Waals surface area contributed by atoms with E-state index in [0.29, 0.717) is 19.1 Å². The first-order valence-corrected chi connectivity index (χ1v) is 6.62. The van der Waals surface area contributed by atoms with E-state index in [1.807, 2.05) is 0 Å². The van der Waals surface area contributed by atoms with Crippen LogP contribution in [0.15, 0.2) is 0 Å². The lowest BCUT2D eigenvalue weighted by Gasteiger charge is -2.38. The molecular formula is C12H23N3O4. The van der Waals surface area contributed by atoms with E-state index in [1.165, 1.54) is 0 Å². The molecule has 7 nitrogen and oxygen atoms in total. The number of amides is 2. The normalized spacial score (nSPS) is 19.8.